The third-order valence-corrected chi connectivity index (χ3v) is 6.13. The second-order valence-electron chi connectivity index (χ2n) is 6.40. The predicted octanol–water partition coefficient (Wildman–Crippen LogP) is 4.02. The van der Waals surface area contributed by atoms with Gasteiger partial charge in [0.25, 0.3) is 0 Å². The molecule has 2 nitrogen and oxygen atoms in total. The van der Waals surface area contributed by atoms with E-state index in [2.05, 4.69) is 46.0 Å². The topological polar surface area (TPSA) is 29.3 Å². The Balaban J connectivity index is 1.84. The van der Waals surface area contributed by atoms with Gasteiger partial charge in [-0.2, -0.15) is 0 Å². The van der Waals surface area contributed by atoms with Gasteiger partial charge in [0.05, 0.1) is 0 Å². The zero-order chi connectivity index (χ0) is 14.1. The van der Waals surface area contributed by atoms with Crippen LogP contribution < -0.4 is 5.73 Å². The number of hydrogen-bond acceptors (Lipinski definition) is 2. The molecule has 0 spiro atoms. The van der Waals surface area contributed by atoms with Crippen molar-refractivity contribution in [1.82, 2.24) is 4.90 Å². The van der Waals surface area contributed by atoms with E-state index in [0.29, 0.717) is 6.04 Å². The second-order valence-corrected chi connectivity index (χ2v) is 7.25. The molecule has 3 unspecified atom stereocenters. The predicted molar refractivity (Wildman–Crippen MR) is 87.7 cm³/mol. The van der Waals surface area contributed by atoms with Gasteiger partial charge in [0, 0.05) is 23.1 Å². The number of aryl methyl sites for hydroxylation is 1. The molecule has 1 aromatic carbocycles. The lowest BCUT2D eigenvalue weighted by Crippen LogP contribution is -2.40. The Labute approximate surface area is 130 Å². The molecule has 2 aliphatic rings. The molecule has 3 atom stereocenters. The summed E-state index contributed by atoms with van der Waals surface area (Å²) in [5.41, 5.74) is 8.84. The van der Waals surface area contributed by atoms with Crippen molar-refractivity contribution >= 4 is 15.9 Å². The van der Waals surface area contributed by atoms with Crippen molar-refractivity contribution in [2.75, 3.05) is 13.1 Å². The van der Waals surface area contributed by atoms with E-state index in [4.69, 9.17) is 5.73 Å². The average molecular weight is 337 g/mol. The molecular weight excluding hydrogens is 312 g/mol. The Morgan fingerprint density at radius 3 is 2.85 bits per heavy atom. The van der Waals surface area contributed by atoms with Gasteiger partial charge in [-0.3, -0.25) is 4.90 Å². The number of benzene rings is 1. The van der Waals surface area contributed by atoms with Gasteiger partial charge in [0.2, 0.25) is 0 Å². The number of nitrogens with zero attached hydrogens (tertiary/aromatic N) is 1. The highest BCUT2D eigenvalue weighted by Crippen LogP contribution is 2.40. The summed E-state index contributed by atoms with van der Waals surface area (Å²) in [5.74, 6) is 0.925. The molecule has 3 heteroatoms. The van der Waals surface area contributed by atoms with Crippen molar-refractivity contribution in [2.45, 2.75) is 51.1 Å². The van der Waals surface area contributed by atoms with Gasteiger partial charge in [-0.25, -0.2) is 0 Å². The Bertz CT molecular complexity index is 474. The number of fused-ring (bicyclic) bond motifs is 1. The summed E-state index contributed by atoms with van der Waals surface area (Å²) in [6.07, 6.45) is 7.00. The minimum Gasteiger partial charge on any atom is -0.329 e. The van der Waals surface area contributed by atoms with Crippen molar-refractivity contribution in [2.24, 2.45) is 11.7 Å². The lowest BCUT2D eigenvalue weighted by molar-refractivity contribution is 0.135. The minimum atomic E-state index is 0.398. The molecule has 3 rings (SSSR count). The van der Waals surface area contributed by atoms with Crippen molar-refractivity contribution in [3.05, 3.63) is 33.8 Å². The smallest absolute Gasteiger partial charge is 0.0473 e. The summed E-state index contributed by atoms with van der Waals surface area (Å²) in [7, 11) is 0. The first-order chi connectivity index (χ1) is 9.70. The van der Waals surface area contributed by atoms with Gasteiger partial charge in [0.15, 0.2) is 0 Å². The van der Waals surface area contributed by atoms with Crippen LogP contribution in [0, 0.1) is 12.8 Å². The van der Waals surface area contributed by atoms with Crippen molar-refractivity contribution in [3.8, 4) is 0 Å². The zero-order valence-electron chi connectivity index (χ0n) is 12.3. The third-order valence-electron chi connectivity index (χ3n) is 5.24. The minimum absolute atomic E-state index is 0.398. The van der Waals surface area contributed by atoms with E-state index in [-0.39, 0.29) is 0 Å². The quantitative estimate of drug-likeness (QED) is 0.903. The van der Waals surface area contributed by atoms with Gasteiger partial charge in [-0.05, 0) is 55.8 Å². The Kier molecular flexibility index (Phi) is 4.49. The molecule has 2 fully saturated rings. The molecule has 110 valence electrons. The molecule has 20 heavy (non-hydrogen) atoms. The van der Waals surface area contributed by atoms with Gasteiger partial charge in [-0.15, -0.1) is 0 Å². The van der Waals surface area contributed by atoms with Gasteiger partial charge >= 0.3 is 0 Å². The van der Waals surface area contributed by atoms with E-state index in [1.165, 1.54) is 54.2 Å². The number of nitrogens with two attached hydrogens (primary N) is 1. The first-order valence-electron chi connectivity index (χ1n) is 7.92. The molecule has 1 saturated carbocycles. The van der Waals surface area contributed by atoms with E-state index in [0.717, 1.165) is 18.5 Å². The molecule has 0 bridgehead atoms. The van der Waals surface area contributed by atoms with Crippen LogP contribution in [-0.4, -0.2) is 24.0 Å². The summed E-state index contributed by atoms with van der Waals surface area (Å²) in [6, 6.07) is 7.89. The highest BCUT2D eigenvalue weighted by molar-refractivity contribution is 9.10. The van der Waals surface area contributed by atoms with Crippen molar-refractivity contribution in [3.63, 3.8) is 0 Å². The maximum atomic E-state index is 6.14. The van der Waals surface area contributed by atoms with Gasteiger partial charge in [0.1, 0.15) is 0 Å². The lowest BCUT2D eigenvalue weighted by Gasteiger charge is -2.37. The fourth-order valence-corrected chi connectivity index (χ4v) is 4.41. The van der Waals surface area contributed by atoms with E-state index < -0.39 is 0 Å². The molecule has 1 heterocycles. The van der Waals surface area contributed by atoms with E-state index >= 15 is 0 Å². The highest BCUT2D eigenvalue weighted by atomic mass is 79.9. The van der Waals surface area contributed by atoms with Crippen LogP contribution in [-0.2, 0) is 0 Å². The average Bonchev–Trinajstić information content (AvgIpc) is 2.88. The number of rotatable bonds is 3. The monoisotopic (exact) mass is 336 g/mol. The summed E-state index contributed by atoms with van der Waals surface area (Å²) >= 11 is 3.59. The van der Waals surface area contributed by atoms with E-state index in [9.17, 15) is 0 Å². The molecule has 1 aromatic rings. The first-order valence-corrected chi connectivity index (χ1v) is 8.72. The maximum Gasteiger partial charge on any atom is 0.0473 e. The number of hydrogen-bond donors (Lipinski definition) is 1. The number of halogens is 1. The van der Waals surface area contributed by atoms with Crippen molar-refractivity contribution < 1.29 is 0 Å². The molecule has 1 aliphatic carbocycles. The van der Waals surface area contributed by atoms with Crippen LogP contribution in [0.1, 0.15) is 49.3 Å². The fraction of sp³-hybridized carbons (Fsp3) is 0.647. The van der Waals surface area contributed by atoms with E-state index in [1.807, 2.05) is 0 Å². The fourth-order valence-electron chi connectivity index (χ4n) is 4.17. The van der Waals surface area contributed by atoms with Crippen LogP contribution in [0.2, 0.25) is 0 Å². The number of likely N-dealkylation sites (tertiary alicyclic amines) is 1. The van der Waals surface area contributed by atoms with Crippen LogP contribution in [0.25, 0.3) is 0 Å². The van der Waals surface area contributed by atoms with Gasteiger partial charge in [-0.1, -0.05) is 40.9 Å². The summed E-state index contributed by atoms with van der Waals surface area (Å²) in [5, 5.41) is 0. The summed E-state index contributed by atoms with van der Waals surface area (Å²) < 4.78 is 1.19. The Hall–Kier alpha value is -0.380. The van der Waals surface area contributed by atoms with Crippen LogP contribution in [0.4, 0.5) is 0 Å². The zero-order valence-corrected chi connectivity index (χ0v) is 13.9. The molecule has 0 amide bonds. The molecule has 1 saturated heterocycles. The highest BCUT2D eigenvalue weighted by Gasteiger charge is 2.38. The molecule has 1 aliphatic heterocycles. The first kappa shape index (κ1) is 14.6. The molecular formula is C17H25BrN2. The normalized spacial score (nSPS) is 28.4. The van der Waals surface area contributed by atoms with Crippen LogP contribution >= 0.6 is 15.9 Å². The second kappa shape index (κ2) is 6.17. The van der Waals surface area contributed by atoms with Crippen LogP contribution in [0.5, 0.6) is 0 Å². The SMILES string of the molecule is Cc1cc(C(CN)N2CCC3CCCCC32)ccc1Br. The third kappa shape index (κ3) is 2.68. The Morgan fingerprint density at radius 1 is 1.30 bits per heavy atom. The molecule has 2 N–H and O–H groups in total. The van der Waals surface area contributed by atoms with E-state index in [1.54, 1.807) is 0 Å². The summed E-state index contributed by atoms with van der Waals surface area (Å²) in [6.45, 7) is 4.12. The lowest BCUT2D eigenvalue weighted by atomic mass is 9.84. The van der Waals surface area contributed by atoms with Crippen LogP contribution in [0.3, 0.4) is 0 Å². The molecule has 0 aromatic heterocycles. The van der Waals surface area contributed by atoms with Gasteiger partial charge < -0.3 is 5.73 Å². The summed E-state index contributed by atoms with van der Waals surface area (Å²) in [4.78, 5) is 2.70. The van der Waals surface area contributed by atoms with Crippen molar-refractivity contribution in [1.29, 1.82) is 0 Å². The Morgan fingerprint density at radius 2 is 2.10 bits per heavy atom. The molecule has 0 radical (unpaired) electrons. The van der Waals surface area contributed by atoms with Crippen LogP contribution in [0.15, 0.2) is 22.7 Å². The largest absolute Gasteiger partial charge is 0.329 e. The maximum absolute atomic E-state index is 6.14. The standard InChI is InChI=1S/C17H25BrN2/c1-12-10-14(6-7-15(12)18)17(11-19)20-9-8-13-4-2-3-5-16(13)20/h6-7,10,13,16-17H,2-5,8-9,11,19H2,1H3.